The Kier molecular flexibility index (Phi) is 3.39. The number of amides is 1. The molecule has 0 aliphatic carbocycles. The molecule has 1 atom stereocenters. The Bertz CT molecular complexity index is 708. The number of carbonyl (C=O) groups excluding carboxylic acids is 1. The van der Waals surface area contributed by atoms with Gasteiger partial charge in [0.05, 0.1) is 0 Å². The number of nitrogens with one attached hydrogen (secondary N) is 1. The molecule has 2 aliphatic heterocycles. The molecule has 0 radical (unpaired) electrons. The number of aromatic nitrogens is 1. The molecule has 1 amide bonds. The summed E-state index contributed by atoms with van der Waals surface area (Å²) in [7, 11) is 2.08. The van der Waals surface area contributed by atoms with Crippen LogP contribution >= 0.6 is 0 Å². The van der Waals surface area contributed by atoms with Gasteiger partial charge in [-0.15, -0.1) is 0 Å². The first-order valence-corrected chi connectivity index (χ1v) is 7.99. The Hall–Kier alpha value is -1.85. The van der Waals surface area contributed by atoms with Crippen molar-refractivity contribution in [3.8, 4) is 0 Å². The standard InChI is InChI=1S/C17H22N4O/c1-19-7-5-14-13(3-2-4-15(14)19)11-20-9-10-21-8-6-18-17(22)16(21)12-20/h2-5,7,16H,6,8-12H2,1H3,(H,18,22)/t16-/m1/s1. The van der Waals surface area contributed by atoms with Crippen molar-refractivity contribution in [3.05, 3.63) is 36.0 Å². The molecule has 1 N–H and O–H groups in total. The highest BCUT2D eigenvalue weighted by Crippen LogP contribution is 2.22. The predicted octanol–water partition coefficient (Wildman–Crippen LogP) is 0.794. The summed E-state index contributed by atoms with van der Waals surface area (Å²) in [4.78, 5) is 16.8. The summed E-state index contributed by atoms with van der Waals surface area (Å²) in [5.41, 5.74) is 2.62. The van der Waals surface area contributed by atoms with E-state index in [4.69, 9.17) is 0 Å². The molecule has 2 aromatic rings. The molecule has 3 heterocycles. The van der Waals surface area contributed by atoms with Crippen molar-refractivity contribution in [1.82, 2.24) is 19.7 Å². The van der Waals surface area contributed by atoms with E-state index in [0.717, 1.165) is 39.3 Å². The summed E-state index contributed by atoms with van der Waals surface area (Å²) in [5.74, 6) is 0.189. The minimum Gasteiger partial charge on any atom is -0.353 e. The first-order chi connectivity index (χ1) is 10.7. The van der Waals surface area contributed by atoms with Gasteiger partial charge in [-0.3, -0.25) is 14.6 Å². The number of fused-ring (bicyclic) bond motifs is 2. The van der Waals surface area contributed by atoms with Crippen molar-refractivity contribution in [2.45, 2.75) is 12.6 Å². The van der Waals surface area contributed by atoms with Crippen LogP contribution in [-0.4, -0.2) is 59.0 Å². The molecule has 2 saturated heterocycles. The van der Waals surface area contributed by atoms with Gasteiger partial charge in [-0.1, -0.05) is 12.1 Å². The number of rotatable bonds is 2. The van der Waals surface area contributed by atoms with Gasteiger partial charge in [0.25, 0.3) is 0 Å². The molecule has 116 valence electrons. The number of carbonyl (C=O) groups is 1. The summed E-state index contributed by atoms with van der Waals surface area (Å²) in [6, 6.07) is 8.70. The molecule has 2 aliphatic rings. The fourth-order valence-electron chi connectivity index (χ4n) is 3.72. The van der Waals surface area contributed by atoms with Crippen molar-refractivity contribution in [2.75, 3.05) is 32.7 Å². The fraction of sp³-hybridized carbons (Fsp3) is 0.471. The minimum atomic E-state index is 0.0254. The van der Waals surface area contributed by atoms with E-state index in [2.05, 4.69) is 57.2 Å². The highest BCUT2D eigenvalue weighted by molar-refractivity contribution is 5.84. The third kappa shape index (κ3) is 2.30. The number of benzene rings is 1. The maximum atomic E-state index is 12.1. The lowest BCUT2D eigenvalue weighted by Gasteiger charge is -2.43. The van der Waals surface area contributed by atoms with Crippen LogP contribution in [-0.2, 0) is 18.4 Å². The van der Waals surface area contributed by atoms with Gasteiger partial charge < -0.3 is 9.88 Å². The SMILES string of the molecule is Cn1ccc2c(CN3CCN4CCNC(=O)[C@H]4C3)cccc21. The van der Waals surface area contributed by atoms with Crippen LogP contribution in [0.4, 0.5) is 0 Å². The smallest absolute Gasteiger partial charge is 0.238 e. The minimum absolute atomic E-state index is 0.0254. The number of hydrogen-bond donors (Lipinski definition) is 1. The van der Waals surface area contributed by atoms with Gasteiger partial charge in [-0.05, 0) is 17.7 Å². The van der Waals surface area contributed by atoms with Crippen LogP contribution in [0.1, 0.15) is 5.56 Å². The summed E-state index contributed by atoms with van der Waals surface area (Å²) in [6.45, 7) is 5.54. The van der Waals surface area contributed by atoms with Crippen LogP contribution in [0.3, 0.4) is 0 Å². The lowest BCUT2D eigenvalue weighted by molar-refractivity contribution is -0.131. The highest BCUT2D eigenvalue weighted by atomic mass is 16.2. The second kappa shape index (κ2) is 5.41. The zero-order chi connectivity index (χ0) is 15.1. The molecule has 2 fully saturated rings. The number of hydrogen-bond acceptors (Lipinski definition) is 3. The summed E-state index contributed by atoms with van der Waals surface area (Å²) < 4.78 is 2.16. The van der Waals surface area contributed by atoms with Gasteiger partial charge >= 0.3 is 0 Å². The molecular weight excluding hydrogens is 276 g/mol. The van der Waals surface area contributed by atoms with Gasteiger partial charge in [0.15, 0.2) is 0 Å². The second-order valence-corrected chi connectivity index (χ2v) is 6.35. The van der Waals surface area contributed by atoms with Crippen LogP contribution in [0.5, 0.6) is 0 Å². The third-order valence-corrected chi connectivity index (χ3v) is 4.99. The zero-order valence-electron chi connectivity index (χ0n) is 13.0. The Balaban J connectivity index is 1.54. The van der Waals surface area contributed by atoms with Gasteiger partial charge in [0.1, 0.15) is 6.04 Å². The highest BCUT2D eigenvalue weighted by Gasteiger charge is 2.34. The largest absolute Gasteiger partial charge is 0.353 e. The van der Waals surface area contributed by atoms with E-state index in [1.165, 1.54) is 16.5 Å². The maximum absolute atomic E-state index is 12.1. The number of aryl methyl sites for hydroxylation is 1. The monoisotopic (exact) mass is 298 g/mol. The maximum Gasteiger partial charge on any atom is 0.238 e. The first-order valence-electron chi connectivity index (χ1n) is 7.99. The van der Waals surface area contributed by atoms with Gasteiger partial charge in [0.2, 0.25) is 5.91 Å². The van der Waals surface area contributed by atoms with Crippen molar-refractivity contribution in [3.63, 3.8) is 0 Å². The second-order valence-electron chi connectivity index (χ2n) is 6.35. The Morgan fingerprint density at radius 1 is 1.23 bits per heavy atom. The zero-order valence-corrected chi connectivity index (χ0v) is 13.0. The predicted molar refractivity (Wildman–Crippen MR) is 86.6 cm³/mol. The van der Waals surface area contributed by atoms with Gasteiger partial charge in [0, 0.05) is 63.4 Å². The van der Waals surface area contributed by atoms with Crippen LogP contribution in [0.2, 0.25) is 0 Å². The van der Waals surface area contributed by atoms with E-state index in [0.29, 0.717) is 0 Å². The summed E-state index contributed by atoms with van der Waals surface area (Å²) in [6.07, 6.45) is 2.11. The normalized spacial score (nSPS) is 23.5. The van der Waals surface area contributed by atoms with E-state index in [9.17, 15) is 4.79 Å². The fourth-order valence-corrected chi connectivity index (χ4v) is 3.72. The van der Waals surface area contributed by atoms with E-state index >= 15 is 0 Å². The first kappa shape index (κ1) is 13.8. The lowest BCUT2D eigenvalue weighted by atomic mass is 10.1. The van der Waals surface area contributed by atoms with Crippen molar-refractivity contribution >= 4 is 16.8 Å². The van der Waals surface area contributed by atoms with Crippen molar-refractivity contribution in [2.24, 2.45) is 7.05 Å². The Labute approximate surface area is 130 Å². The van der Waals surface area contributed by atoms with E-state index < -0.39 is 0 Å². The molecule has 1 aromatic heterocycles. The molecule has 0 spiro atoms. The summed E-state index contributed by atoms with van der Waals surface area (Å²) >= 11 is 0. The van der Waals surface area contributed by atoms with Crippen LogP contribution < -0.4 is 5.32 Å². The molecule has 0 saturated carbocycles. The molecule has 4 rings (SSSR count). The van der Waals surface area contributed by atoms with Gasteiger partial charge in [-0.2, -0.15) is 0 Å². The Morgan fingerprint density at radius 3 is 3.05 bits per heavy atom. The lowest BCUT2D eigenvalue weighted by Crippen LogP contribution is -2.63. The van der Waals surface area contributed by atoms with Crippen LogP contribution in [0, 0.1) is 0 Å². The van der Waals surface area contributed by atoms with Crippen molar-refractivity contribution < 1.29 is 4.79 Å². The Morgan fingerprint density at radius 2 is 2.14 bits per heavy atom. The van der Waals surface area contributed by atoms with Crippen LogP contribution in [0.25, 0.3) is 10.9 Å². The van der Waals surface area contributed by atoms with E-state index in [-0.39, 0.29) is 11.9 Å². The topological polar surface area (TPSA) is 40.5 Å². The third-order valence-electron chi connectivity index (χ3n) is 4.99. The molecule has 5 heteroatoms. The molecule has 5 nitrogen and oxygen atoms in total. The van der Waals surface area contributed by atoms with Crippen molar-refractivity contribution in [1.29, 1.82) is 0 Å². The number of piperazine rings is 2. The molecule has 22 heavy (non-hydrogen) atoms. The van der Waals surface area contributed by atoms with E-state index in [1.807, 2.05) is 0 Å². The number of nitrogens with zero attached hydrogens (tertiary/aromatic N) is 3. The van der Waals surface area contributed by atoms with E-state index in [1.54, 1.807) is 0 Å². The molecule has 0 bridgehead atoms. The molecular formula is C17H22N4O. The molecule has 0 unspecified atom stereocenters. The quantitative estimate of drug-likeness (QED) is 0.891. The van der Waals surface area contributed by atoms with Gasteiger partial charge in [-0.25, -0.2) is 0 Å². The van der Waals surface area contributed by atoms with Crippen LogP contribution in [0.15, 0.2) is 30.5 Å². The summed E-state index contributed by atoms with van der Waals surface area (Å²) in [5, 5.41) is 4.31. The average Bonchev–Trinajstić information content (AvgIpc) is 2.91. The molecule has 1 aromatic carbocycles. The average molecular weight is 298 g/mol.